The van der Waals surface area contributed by atoms with Gasteiger partial charge in [0, 0.05) is 4.47 Å². The van der Waals surface area contributed by atoms with Gasteiger partial charge in [0.05, 0.1) is 0 Å². The number of fused-ring (bicyclic) bond motifs is 1. The average Bonchev–Trinajstić information content (AvgIpc) is 2.49. The number of nitrogens with zero attached hydrogens (tertiary/aromatic N) is 1. The molecule has 0 unspecified atom stereocenters. The van der Waals surface area contributed by atoms with E-state index in [-0.39, 0.29) is 5.75 Å². The Hall–Kier alpha value is -2.15. The van der Waals surface area contributed by atoms with Gasteiger partial charge in [0.15, 0.2) is 0 Å². The lowest BCUT2D eigenvalue weighted by atomic mass is 10.1. The van der Waals surface area contributed by atoms with Crippen LogP contribution in [0.2, 0.25) is 0 Å². The molecule has 2 nitrogen and oxygen atoms in total. The van der Waals surface area contributed by atoms with E-state index in [1.54, 1.807) is 18.2 Å². The molecule has 0 radical (unpaired) electrons. The van der Waals surface area contributed by atoms with Crippen molar-refractivity contribution >= 4 is 26.7 Å². The molecule has 1 aromatic heterocycles. The van der Waals surface area contributed by atoms with E-state index in [4.69, 9.17) is 4.74 Å². The van der Waals surface area contributed by atoms with Crippen molar-refractivity contribution in [3.63, 3.8) is 0 Å². The summed E-state index contributed by atoms with van der Waals surface area (Å²) in [5.74, 6) is -8.03. The highest BCUT2D eigenvalue weighted by Crippen LogP contribution is 2.31. The van der Waals surface area contributed by atoms with Crippen LogP contribution in [0.25, 0.3) is 10.8 Å². The first-order valence-corrected chi connectivity index (χ1v) is 6.82. The number of hydrogen-bond acceptors (Lipinski definition) is 2. The van der Waals surface area contributed by atoms with Crippen LogP contribution in [-0.4, -0.2) is 4.98 Å². The highest BCUT2D eigenvalue weighted by atomic mass is 79.9. The van der Waals surface area contributed by atoms with Crippen molar-refractivity contribution in [1.82, 2.24) is 4.98 Å². The predicted octanol–water partition coefficient (Wildman–Crippen LogP) is 5.35. The number of pyridine rings is 1. The SMILES string of the molecule is Fc1nc(F)c(F)c(Oc2ccc3cc(Br)ccc3c2)c1F. The molecule has 22 heavy (non-hydrogen) atoms. The van der Waals surface area contributed by atoms with Gasteiger partial charge in [0.1, 0.15) is 5.75 Å². The highest BCUT2D eigenvalue weighted by Gasteiger charge is 2.22. The van der Waals surface area contributed by atoms with Crippen LogP contribution < -0.4 is 4.74 Å². The molecule has 0 aliphatic carbocycles. The second-order valence-electron chi connectivity index (χ2n) is 4.41. The minimum Gasteiger partial charge on any atom is -0.451 e. The normalized spacial score (nSPS) is 11.0. The monoisotopic (exact) mass is 371 g/mol. The minimum atomic E-state index is -1.77. The molecule has 3 rings (SSSR count). The molecule has 2 aromatic carbocycles. The molecular formula is C15H6BrF4NO. The van der Waals surface area contributed by atoms with Crippen molar-refractivity contribution in [3.05, 3.63) is 64.4 Å². The quantitative estimate of drug-likeness (QED) is 0.447. The summed E-state index contributed by atoms with van der Waals surface area (Å²) in [5, 5.41) is 1.59. The maximum atomic E-state index is 13.5. The van der Waals surface area contributed by atoms with Crippen molar-refractivity contribution in [2.75, 3.05) is 0 Å². The molecule has 7 heteroatoms. The van der Waals surface area contributed by atoms with Crippen molar-refractivity contribution in [2.24, 2.45) is 0 Å². The molecule has 0 saturated heterocycles. The molecule has 1 heterocycles. The number of benzene rings is 2. The van der Waals surface area contributed by atoms with Crippen molar-refractivity contribution in [1.29, 1.82) is 0 Å². The zero-order valence-corrected chi connectivity index (χ0v) is 12.3. The summed E-state index contributed by atoms with van der Waals surface area (Å²) in [6.07, 6.45) is 0. The van der Waals surface area contributed by atoms with Crippen LogP contribution in [0.1, 0.15) is 0 Å². The van der Waals surface area contributed by atoms with Gasteiger partial charge in [0.2, 0.25) is 17.4 Å². The lowest BCUT2D eigenvalue weighted by molar-refractivity contribution is 0.343. The first-order valence-electron chi connectivity index (χ1n) is 6.03. The second kappa shape index (κ2) is 5.57. The van der Waals surface area contributed by atoms with Crippen LogP contribution in [0.15, 0.2) is 40.9 Å². The zero-order valence-electron chi connectivity index (χ0n) is 10.7. The van der Waals surface area contributed by atoms with Gasteiger partial charge < -0.3 is 4.74 Å². The molecule has 0 atom stereocenters. The zero-order chi connectivity index (χ0) is 15.9. The van der Waals surface area contributed by atoms with E-state index < -0.39 is 29.3 Å². The van der Waals surface area contributed by atoms with Gasteiger partial charge in [-0.1, -0.05) is 28.1 Å². The largest absolute Gasteiger partial charge is 0.451 e. The molecule has 0 N–H and O–H groups in total. The molecule has 0 aliphatic rings. The number of halogens is 5. The Bertz CT molecular complexity index is 859. The van der Waals surface area contributed by atoms with Crippen LogP contribution in [0.4, 0.5) is 17.6 Å². The van der Waals surface area contributed by atoms with Gasteiger partial charge >= 0.3 is 0 Å². The van der Waals surface area contributed by atoms with Crippen LogP contribution >= 0.6 is 15.9 Å². The van der Waals surface area contributed by atoms with Gasteiger partial charge in [-0.05, 0) is 35.0 Å². The summed E-state index contributed by atoms with van der Waals surface area (Å²) < 4.78 is 58.9. The highest BCUT2D eigenvalue weighted by molar-refractivity contribution is 9.10. The molecule has 3 aromatic rings. The van der Waals surface area contributed by atoms with E-state index in [1.165, 1.54) is 12.1 Å². The third kappa shape index (κ3) is 2.64. The van der Waals surface area contributed by atoms with Crippen molar-refractivity contribution in [2.45, 2.75) is 0 Å². The predicted molar refractivity (Wildman–Crippen MR) is 75.8 cm³/mol. The first kappa shape index (κ1) is 14.8. The summed E-state index contributed by atoms with van der Waals surface area (Å²) in [7, 11) is 0. The van der Waals surface area contributed by atoms with Gasteiger partial charge in [-0.25, -0.2) is 0 Å². The molecule has 0 spiro atoms. The third-order valence-electron chi connectivity index (χ3n) is 2.95. The Morgan fingerprint density at radius 1 is 0.818 bits per heavy atom. The lowest BCUT2D eigenvalue weighted by Crippen LogP contribution is -2.03. The molecule has 0 amide bonds. The fourth-order valence-corrected chi connectivity index (χ4v) is 2.31. The number of ether oxygens (including phenoxy) is 1. The fourth-order valence-electron chi connectivity index (χ4n) is 1.93. The summed E-state index contributed by atoms with van der Waals surface area (Å²) >= 11 is 3.32. The topological polar surface area (TPSA) is 22.1 Å². The van der Waals surface area contributed by atoms with E-state index >= 15 is 0 Å². The minimum absolute atomic E-state index is 0.0395. The second-order valence-corrected chi connectivity index (χ2v) is 5.32. The first-order chi connectivity index (χ1) is 10.5. The van der Waals surface area contributed by atoms with Crippen LogP contribution in [0.3, 0.4) is 0 Å². The maximum Gasteiger partial charge on any atom is 0.255 e. The summed E-state index contributed by atoms with van der Waals surface area (Å²) in [6.45, 7) is 0. The Kier molecular flexibility index (Phi) is 3.74. The van der Waals surface area contributed by atoms with E-state index in [0.717, 1.165) is 15.2 Å². The fraction of sp³-hybridized carbons (Fsp3) is 0. The van der Waals surface area contributed by atoms with E-state index in [1.807, 2.05) is 6.07 Å². The van der Waals surface area contributed by atoms with E-state index in [0.29, 0.717) is 0 Å². The molecular weight excluding hydrogens is 366 g/mol. The van der Waals surface area contributed by atoms with Gasteiger partial charge in [-0.2, -0.15) is 22.5 Å². The Balaban J connectivity index is 2.05. The average molecular weight is 372 g/mol. The van der Waals surface area contributed by atoms with Gasteiger partial charge in [0.25, 0.3) is 11.9 Å². The van der Waals surface area contributed by atoms with Crippen LogP contribution in [-0.2, 0) is 0 Å². The maximum absolute atomic E-state index is 13.5. The van der Waals surface area contributed by atoms with Crippen molar-refractivity contribution in [3.8, 4) is 11.5 Å². The van der Waals surface area contributed by atoms with E-state index in [2.05, 4.69) is 20.9 Å². The summed E-state index contributed by atoms with van der Waals surface area (Å²) in [6, 6.07) is 9.96. The van der Waals surface area contributed by atoms with E-state index in [9.17, 15) is 17.6 Å². The number of aromatic nitrogens is 1. The van der Waals surface area contributed by atoms with Crippen molar-refractivity contribution < 1.29 is 22.3 Å². The molecule has 0 saturated carbocycles. The smallest absolute Gasteiger partial charge is 0.255 e. The standard InChI is InChI=1S/C15H6BrF4NO/c16-9-3-1-8-6-10(4-2-7(8)5-9)22-13-11(17)14(19)21-15(20)12(13)18/h1-6H. The van der Waals surface area contributed by atoms with Crippen LogP contribution in [0.5, 0.6) is 11.5 Å². The molecule has 0 aliphatic heterocycles. The molecule has 0 bridgehead atoms. The van der Waals surface area contributed by atoms with Crippen LogP contribution in [0, 0.1) is 23.5 Å². The van der Waals surface area contributed by atoms with Gasteiger partial charge in [-0.3, -0.25) is 0 Å². The van der Waals surface area contributed by atoms with Gasteiger partial charge in [-0.15, -0.1) is 0 Å². The Labute approximate surface area is 130 Å². The Morgan fingerprint density at radius 2 is 1.41 bits per heavy atom. The summed E-state index contributed by atoms with van der Waals surface area (Å²) in [4.78, 5) is 2.47. The summed E-state index contributed by atoms with van der Waals surface area (Å²) in [5.41, 5.74) is 0. The number of hydrogen-bond donors (Lipinski definition) is 0. The molecule has 112 valence electrons. The third-order valence-corrected chi connectivity index (χ3v) is 3.44. The Morgan fingerprint density at radius 3 is 2.09 bits per heavy atom. The number of rotatable bonds is 2. The lowest BCUT2D eigenvalue weighted by Gasteiger charge is -2.09. The molecule has 0 fully saturated rings.